The number of thiocarbonyl (C=S) groups is 1. The van der Waals surface area contributed by atoms with Crippen LogP contribution in [0.25, 0.3) is 10.8 Å². The summed E-state index contributed by atoms with van der Waals surface area (Å²) in [5.74, 6) is 0. The number of fused-ring (bicyclic) bond motifs is 1. The molecule has 0 unspecified atom stereocenters. The van der Waals surface area contributed by atoms with Crippen LogP contribution in [0.5, 0.6) is 0 Å². The van der Waals surface area contributed by atoms with Crippen LogP contribution in [0.4, 0.5) is 0 Å². The van der Waals surface area contributed by atoms with Gasteiger partial charge in [-0.15, -0.1) is 0 Å². The van der Waals surface area contributed by atoms with E-state index in [0.717, 1.165) is 9.76 Å². The summed E-state index contributed by atoms with van der Waals surface area (Å²) in [5.41, 5.74) is 1.09. The number of hydrogen-bond donors (Lipinski definition) is 0. The molecule has 0 N–H and O–H groups in total. The Morgan fingerprint density at radius 3 is 1.78 bits per heavy atom. The van der Waals surface area contributed by atoms with Crippen LogP contribution in [-0.2, 0) is 11.8 Å². The summed E-state index contributed by atoms with van der Waals surface area (Å²) in [6, 6.07) is 35.5. The van der Waals surface area contributed by atoms with E-state index in [2.05, 4.69) is 91.0 Å². The minimum absolute atomic E-state index is 0.864. The third-order valence-corrected chi connectivity index (χ3v) is 12.4. The van der Waals surface area contributed by atoms with Crippen molar-refractivity contribution in [1.82, 2.24) is 0 Å². The van der Waals surface area contributed by atoms with E-state index in [-0.39, 0.29) is 0 Å². The van der Waals surface area contributed by atoms with Gasteiger partial charge in [0.05, 0.1) is 9.44 Å². The molecule has 0 spiro atoms. The van der Waals surface area contributed by atoms with Gasteiger partial charge in [0.1, 0.15) is 0 Å². The smallest absolute Gasteiger partial charge is 0.0756 e. The first-order valence-electron chi connectivity index (χ1n) is 8.61. The molecule has 27 heavy (non-hydrogen) atoms. The fraction of sp³-hybridized carbons (Fsp3) is 0. The summed E-state index contributed by atoms with van der Waals surface area (Å²) < 4.78 is 0.864. The van der Waals surface area contributed by atoms with Crippen LogP contribution >= 0.6 is 28.8 Å². The van der Waals surface area contributed by atoms with E-state index in [1.165, 1.54) is 21.4 Å². The summed E-state index contributed by atoms with van der Waals surface area (Å²) in [4.78, 5) is 0. The van der Waals surface area contributed by atoms with Crippen molar-refractivity contribution in [3.8, 4) is 0 Å². The molecule has 0 saturated heterocycles. The van der Waals surface area contributed by atoms with Crippen molar-refractivity contribution in [2.24, 2.45) is 0 Å². The van der Waals surface area contributed by atoms with Crippen molar-refractivity contribution >= 4 is 66.2 Å². The van der Waals surface area contributed by atoms with E-state index in [9.17, 15) is 0 Å². The van der Waals surface area contributed by atoms with Gasteiger partial charge >= 0.3 is 0 Å². The lowest BCUT2D eigenvalue weighted by Gasteiger charge is -2.23. The standard InChI is InChI=1S/C23H17PS3/c25-23(22-17-9-11-18-10-7-8-16-21(18)22)27-24(26,19-12-3-1-4-13-19)20-14-5-2-6-15-20/h1-17H. The van der Waals surface area contributed by atoms with Crippen LogP contribution in [0.3, 0.4) is 0 Å². The zero-order chi connectivity index (χ0) is 18.7. The normalized spacial score (nSPS) is 11.4. The second-order valence-corrected chi connectivity index (χ2v) is 14.0. The van der Waals surface area contributed by atoms with Crippen LogP contribution in [0.2, 0.25) is 0 Å². The summed E-state index contributed by atoms with van der Waals surface area (Å²) in [7, 11) is 0. The highest BCUT2D eigenvalue weighted by Gasteiger charge is 2.25. The lowest BCUT2D eigenvalue weighted by Crippen LogP contribution is -2.14. The Hall–Kier alpha value is -1.77. The molecule has 4 heteroatoms. The monoisotopic (exact) mass is 420 g/mol. The van der Waals surface area contributed by atoms with Crippen molar-refractivity contribution < 1.29 is 0 Å². The molecular formula is C23H17PS3. The fourth-order valence-electron chi connectivity index (χ4n) is 3.07. The van der Waals surface area contributed by atoms with Crippen LogP contribution in [-0.4, -0.2) is 4.20 Å². The maximum Gasteiger partial charge on any atom is 0.0839 e. The Morgan fingerprint density at radius 1 is 0.630 bits per heavy atom. The van der Waals surface area contributed by atoms with Gasteiger partial charge in [0, 0.05) is 5.56 Å². The zero-order valence-electron chi connectivity index (χ0n) is 14.5. The molecule has 4 aromatic rings. The summed E-state index contributed by atoms with van der Waals surface area (Å²) in [6.45, 7) is 0. The highest BCUT2D eigenvalue weighted by molar-refractivity contribution is 8.81. The molecule has 0 radical (unpaired) electrons. The molecule has 0 aliphatic heterocycles. The van der Waals surface area contributed by atoms with Gasteiger partial charge in [0.25, 0.3) is 0 Å². The molecule has 0 saturated carbocycles. The van der Waals surface area contributed by atoms with E-state index in [1.54, 1.807) is 11.4 Å². The van der Waals surface area contributed by atoms with Crippen molar-refractivity contribution in [3.05, 3.63) is 109 Å². The average Bonchev–Trinajstić information content (AvgIpc) is 2.74. The average molecular weight is 421 g/mol. The predicted molar refractivity (Wildman–Crippen MR) is 130 cm³/mol. The lowest BCUT2D eigenvalue weighted by atomic mass is 10.1. The first kappa shape index (κ1) is 18.6. The molecule has 0 heterocycles. The fourth-order valence-corrected chi connectivity index (χ4v) is 10.6. The molecule has 0 nitrogen and oxygen atoms in total. The molecular weight excluding hydrogens is 403 g/mol. The number of hydrogen-bond acceptors (Lipinski definition) is 3. The second-order valence-electron chi connectivity index (χ2n) is 6.13. The molecule has 0 aliphatic rings. The SMILES string of the molecule is S=C(SP(=S)(c1ccccc1)c1ccccc1)c1cccc2ccccc12. The van der Waals surface area contributed by atoms with Gasteiger partial charge in [-0.25, -0.2) is 0 Å². The topological polar surface area (TPSA) is 0 Å². The predicted octanol–water partition coefficient (Wildman–Crippen LogP) is 6.29. The zero-order valence-corrected chi connectivity index (χ0v) is 17.8. The molecule has 0 fully saturated rings. The largest absolute Gasteiger partial charge is 0.0839 e. The minimum atomic E-state index is -2.11. The van der Waals surface area contributed by atoms with Gasteiger partial charge in [-0.1, -0.05) is 139 Å². The maximum absolute atomic E-state index is 6.32. The summed E-state index contributed by atoms with van der Waals surface area (Å²) in [5, 5.41) is 2.62. The van der Waals surface area contributed by atoms with Crippen molar-refractivity contribution in [2.45, 2.75) is 0 Å². The van der Waals surface area contributed by atoms with E-state index < -0.39 is 5.24 Å². The highest BCUT2D eigenvalue weighted by atomic mass is 32.9. The Labute approximate surface area is 174 Å². The second kappa shape index (κ2) is 8.08. The summed E-state index contributed by atoms with van der Waals surface area (Å²) >= 11 is 13.9. The van der Waals surface area contributed by atoms with Crippen LogP contribution in [0, 0.1) is 0 Å². The molecule has 4 aromatic carbocycles. The maximum atomic E-state index is 6.32. The third-order valence-electron chi connectivity index (χ3n) is 4.41. The minimum Gasteiger partial charge on any atom is -0.0756 e. The van der Waals surface area contributed by atoms with Crippen LogP contribution in [0.15, 0.2) is 103 Å². The van der Waals surface area contributed by atoms with Gasteiger partial charge in [-0.3, -0.25) is 0 Å². The Kier molecular flexibility index (Phi) is 5.56. The molecule has 132 valence electrons. The van der Waals surface area contributed by atoms with E-state index in [1.807, 2.05) is 12.1 Å². The first-order chi connectivity index (χ1) is 13.2. The number of benzene rings is 4. The van der Waals surface area contributed by atoms with Crippen LogP contribution in [0.1, 0.15) is 5.56 Å². The van der Waals surface area contributed by atoms with E-state index in [0.29, 0.717) is 0 Å². The van der Waals surface area contributed by atoms with Gasteiger partial charge in [-0.05, 0) is 21.4 Å². The van der Waals surface area contributed by atoms with Crippen molar-refractivity contribution in [1.29, 1.82) is 0 Å². The van der Waals surface area contributed by atoms with Gasteiger partial charge in [-0.2, -0.15) is 0 Å². The van der Waals surface area contributed by atoms with Crippen molar-refractivity contribution in [3.63, 3.8) is 0 Å². The van der Waals surface area contributed by atoms with Gasteiger partial charge in [0.2, 0.25) is 0 Å². The molecule has 0 aliphatic carbocycles. The first-order valence-corrected chi connectivity index (χ1v) is 13.2. The van der Waals surface area contributed by atoms with E-state index >= 15 is 0 Å². The molecule has 0 atom stereocenters. The molecule has 0 amide bonds. The quantitative estimate of drug-likeness (QED) is 0.281. The summed E-state index contributed by atoms with van der Waals surface area (Å²) in [6.07, 6.45) is 0. The van der Waals surface area contributed by atoms with Crippen molar-refractivity contribution in [2.75, 3.05) is 0 Å². The Bertz CT molecular complexity index is 1090. The van der Waals surface area contributed by atoms with E-state index in [4.69, 9.17) is 24.0 Å². The molecule has 4 rings (SSSR count). The molecule has 0 bridgehead atoms. The highest BCUT2D eigenvalue weighted by Crippen LogP contribution is 2.58. The lowest BCUT2D eigenvalue weighted by molar-refractivity contribution is 1.73. The third kappa shape index (κ3) is 3.79. The molecule has 0 aromatic heterocycles. The van der Waals surface area contributed by atoms with Gasteiger partial charge < -0.3 is 0 Å². The Balaban J connectivity index is 1.81. The Morgan fingerprint density at radius 2 is 1.15 bits per heavy atom. The van der Waals surface area contributed by atoms with Gasteiger partial charge in [0.15, 0.2) is 0 Å². The van der Waals surface area contributed by atoms with Crippen LogP contribution < -0.4 is 10.6 Å². The number of rotatable bonds is 4.